The third-order valence-corrected chi connectivity index (χ3v) is 7.34. The van der Waals surface area contributed by atoms with Gasteiger partial charge < -0.3 is 15.5 Å². The van der Waals surface area contributed by atoms with Gasteiger partial charge in [-0.25, -0.2) is 4.98 Å². The largest absolute Gasteiger partial charge is 0.352 e. The molecule has 2 atom stereocenters. The number of nitrogens with one attached hydrogen (secondary N) is 2. The summed E-state index contributed by atoms with van der Waals surface area (Å²) in [7, 11) is 0. The lowest BCUT2D eigenvalue weighted by atomic mass is 9.96. The van der Waals surface area contributed by atoms with E-state index in [-0.39, 0.29) is 18.0 Å². The van der Waals surface area contributed by atoms with Gasteiger partial charge in [-0.15, -0.1) is 11.3 Å². The van der Waals surface area contributed by atoms with E-state index in [1.165, 1.54) is 0 Å². The molecule has 0 unspecified atom stereocenters. The van der Waals surface area contributed by atoms with E-state index in [0.717, 1.165) is 33.5 Å². The Morgan fingerprint density at radius 3 is 2.63 bits per heavy atom. The molecule has 3 aromatic heterocycles. The number of hydrogen-bond acceptors (Lipinski definition) is 5. The summed E-state index contributed by atoms with van der Waals surface area (Å²) in [6.45, 7) is 4.69. The van der Waals surface area contributed by atoms with Crippen LogP contribution >= 0.6 is 23.6 Å². The Bertz CT molecular complexity index is 1320. The second-order valence-electron chi connectivity index (χ2n) is 8.46. The summed E-state index contributed by atoms with van der Waals surface area (Å²) in [6, 6.07) is 17.4. The second-order valence-corrected chi connectivity index (χ2v) is 9.72. The first kappa shape index (κ1) is 23.2. The highest BCUT2D eigenvalue weighted by atomic mass is 32.1. The maximum atomic E-state index is 12.7. The first-order chi connectivity index (χ1) is 17.0. The standard InChI is InChI=1S/C26H26N6OS2/c1-17-16-20(18(2)32(17)26-28-13-15-35-26)24-23(21-10-6-7-12-27-21)30-25(34)31(24)14-11-22(33)29-19-8-4-3-5-9-19/h3-10,12-13,15-16,23-24H,11,14H2,1-2H3,(H,29,33)(H,30,34)/t23-,24-/m0/s1. The van der Waals surface area contributed by atoms with Crippen LogP contribution in [0.4, 0.5) is 5.69 Å². The maximum Gasteiger partial charge on any atom is 0.226 e. The molecule has 35 heavy (non-hydrogen) atoms. The minimum absolute atomic E-state index is 0.0488. The Morgan fingerprint density at radius 1 is 1.11 bits per heavy atom. The zero-order chi connectivity index (χ0) is 24.4. The van der Waals surface area contributed by atoms with Crippen molar-refractivity contribution in [1.82, 2.24) is 24.8 Å². The van der Waals surface area contributed by atoms with Gasteiger partial charge in [0.1, 0.15) is 0 Å². The van der Waals surface area contributed by atoms with Crippen molar-refractivity contribution in [3.63, 3.8) is 0 Å². The summed E-state index contributed by atoms with van der Waals surface area (Å²) in [4.78, 5) is 24.0. The Morgan fingerprint density at radius 2 is 1.91 bits per heavy atom. The Hall–Kier alpha value is -3.56. The van der Waals surface area contributed by atoms with Crippen LogP contribution in [0.15, 0.2) is 72.4 Å². The van der Waals surface area contributed by atoms with Crippen molar-refractivity contribution < 1.29 is 4.79 Å². The number of aromatic nitrogens is 3. The lowest BCUT2D eigenvalue weighted by molar-refractivity contribution is -0.116. The first-order valence-electron chi connectivity index (χ1n) is 11.4. The Balaban J connectivity index is 1.46. The van der Waals surface area contributed by atoms with Crippen molar-refractivity contribution in [2.45, 2.75) is 32.4 Å². The van der Waals surface area contributed by atoms with Crippen molar-refractivity contribution in [2.75, 3.05) is 11.9 Å². The number of rotatable bonds is 7. The van der Waals surface area contributed by atoms with Gasteiger partial charge in [-0.3, -0.25) is 14.3 Å². The molecule has 178 valence electrons. The van der Waals surface area contributed by atoms with Crippen LogP contribution in [-0.2, 0) is 4.79 Å². The molecular formula is C26H26N6OS2. The third-order valence-electron chi connectivity index (χ3n) is 6.23. The topological polar surface area (TPSA) is 75.1 Å². The van der Waals surface area contributed by atoms with E-state index in [2.05, 4.69) is 50.0 Å². The van der Waals surface area contributed by atoms with Gasteiger partial charge in [-0.1, -0.05) is 24.3 Å². The summed E-state index contributed by atoms with van der Waals surface area (Å²) in [5.74, 6) is -0.0488. The van der Waals surface area contributed by atoms with Gasteiger partial charge in [-0.2, -0.15) is 0 Å². The number of amides is 1. The first-order valence-corrected chi connectivity index (χ1v) is 12.7. The van der Waals surface area contributed by atoms with E-state index in [1.807, 2.05) is 60.1 Å². The fourth-order valence-electron chi connectivity index (χ4n) is 4.66. The minimum atomic E-state index is -0.133. The SMILES string of the molecule is Cc1cc([C@H]2[C@H](c3ccccn3)NC(=S)N2CCC(=O)Nc2ccccc2)c(C)n1-c1nccs1. The lowest BCUT2D eigenvalue weighted by Crippen LogP contribution is -2.32. The van der Waals surface area contributed by atoms with Crippen molar-refractivity contribution in [3.05, 3.63) is 95.0 Å². The molecule has 4 heterocycles. The van der Waals surface area contributed by atoms with E-state index in [4.69, 9.17) is 12.2 Å². The average Bonchev–Trinajstić information content (AvgIpc) is 3.57. The van der Waals surface area contributed by atoms with Gasteiger partial charge >= 0.3 is 0 Å². The number of thiocarbonyl (C=S) groups is 1. The highest BCUT2D eigenvalue weighted by molar-refractivity contribution is 7.80. The summed E-state index contributed by atoms with van der Waals surface area (Å²) in [6.07, 6.45) is 3.93. The van der Waals surface area contributed by atoms with Crippen LogP contribution in [0.25, 0.3) is 5.13 Å². The molecule has 0 radical (unpaired) electrons. The number of aryl methyl sites for hydroxylation is 1. The van der Waals surface area contributed by atoms with Crippen molar-refractivity contribution in [2.24, 2.45) is 0 Å². The van der Waals surface area contributed by atoms with Crippen molar-refractivity contribution >= 4 is 40.3 Å². The van der Waals surface area contributed by atoms with Crippen LogP contribution in [0.5, 0.6) is 0 Å². The lowest BCUT2D eigenvalue weighted by Gasteiger charge is -2.28. The molecule has 4 aromatic rings. The van der Waals surface area contributed by atoms with Gasteiger partial charge in [0.15, 0.2) is 10.2 Å². The molecular weight excluding hydrogens is 476 g/mol. The smallest absolute Gasteiger partial charge is 0.226 e. The molecule has 9 heteroatoms. The summed E-state index contributed by atoms with van der Waals surface area (Å²) >= 11 is 7.38. The van der Waals surface area contributed by atoms with Crippen LogP contribution in [0, 0.1) is 13.8 Å². The molecule has 7 nitrogen and oxygen atoms in total. The predicted octanol–water partition coefficient (Wildman–Crippen LogP) is 4.95. The highest BCUT2D eigenvalue weighted by Gasteiger charge is 2.41. The zero-order valence-electron chi connectivity index (χ0n) is 19.5. The van der Waals surface area contributed by atoms with Crippen LogP contribution in [0.1, 0.15) is 41.1 Å². The molecule has 0 aliphatic carbocycles. The molecule has 2 N–H and O–H groups in total. The third kappa shape index (κ3) is 4.69. The van der Waals surface area contributed by atoms with Gasteiger partial charge in [0, 0.05) is 47.8 Å². The normalized spacial score (nSPS) is 17.4. The van der Waals surface area contributed by atoms with E-state index in [1.54, 1.807) is 17.5 Å². The molecule has 1 saturated heterocycles. The summed E-state index contributed by atoms with van der Waals surface area (Å²) in [5, 5.41) is 9.98. The fourth-order valence-corrected chi connectivity index (χ4v) is 5.74. The summed E-state index contributed by atoms with van der Waals surface area (Å²) < 4.78 is 2.18. The predicted molar refractivity (Wildman–Crippen MR) is 143 cm³/mol. The van der Waals surface area contributed by atoms with Gasteiger partial charge in [0.2, 0.25) is 5.91 Å². The maximum absolute atomic E-state index is 12.7. The molecule has 1 aliphatic rings. The number of nitrogens with zero attached hydrogens (tertiary/aromatic N) is 4. The number of anilines is 1. The number of benzene rings is 1. The van der Waals surface area contributed by atoms with Gasteiger partial charge in [0.05, 0.1) is 17.8 Å². The Kier molecular flexibility index (Phi) is 6.61. The van der Waals surface area contributed by atoms with Crippen LogP contribution in [0.3, 0.4) is 0 Å². The number of hydrogen-bond donors (Lipinski definition) is 2. The fraction of sp³-hybridized carbons (Fsp3) is 0.231. The van der Waals surface area contributed by atoms with Crippen LogP contribution < -0.4 is 10.6 Å². The number of thiazole rings is 1. The molecule has 1 aromatic carbocycles. The number of carbonyl (C=O) groups excluding carboxylic acids is 1. The van der Waals surface area contributed by atoms with Crippen molar-refractivity contribution in [1.29, 1.82) is 0 Å². The van der Waals surface area contributed by atoms with E-state index in [9.17, 15) is 4.79 Å². The molecule has 1 fully saturated rings. The molecule has 1 aliphatic heterocycles. The number of carbonyl (C=O) groups is 1. The summed E-state index contributed by atoms with van der Waals surface area (Å²) in [5.41, 5.74) is 5.05. The van der Waals surface area contributed by atoms with E-state index in [0.29, 0.717) is 18.1 Å². The minimum Gasteiger partial charge on any atom is -0.352 e. The average molecular weight is 503 g/mol. The molecule has 1 amide bonds. The highest BCUT2D eigenvalue weighted by Crippen LogP contribution is 2.41. The molecule has 0 bridgehead atoms. The number of para-hydroxylation sites is 1. The van der Waals surface area contributed by atoms with E-state index >= 15 is 0 Å². The second kappa shape index (κ2) is 9.97. The molecule has 0 spiro atoms. The van der Waals surface area contributed by atoms with Crippen LogP contribution in [0.2, 0.25) is 0 Å². The Labute approximate surface area is 213 Å². The van der Waals surface area contributed by atoms with Crippen LogP contribution in [-0.4, -0.2) is 37.0 Å². The zero-order valence-corrected chi connectivity index (χ0v) is 21.1. The molecule has 0 saturated carbocycles. The van der Waals surface area contributed by atoms with Gasteiger partial charge in [0.25, 0.3) is 0 Å². The van der Waals surface area contributed by atoms with Crippen molar-refractivity contribution in [3.8, 4) is 5.13 Å². The van der Waals surface area contributed by atoms with E-state index < -0.39 is 0 Å². The van der Waals surface area contributed by atoms with Gasteiger partial charge in [-0.05, 0) is 62.0 Å². The quantitative estimate of drug-likeness (QED) is 0.349. The monoisotopic (exact) mass is 502 g/mol. The number of pyridine rings is 1. The molecule has 5 rings (SSSR count).